The highest BCUT2D eigenvalue weighted by Gasteiger charge is 2.09. The average Bonchev–Trinajstić information content (AvgIpc) is 2.19. The predicted octanol–water partition coefficient (Wildman–Crippen LogP) is 0.987. The number of aromatic nitrogens is 1. The molecule has 0 radical (unpaired) electrons. The van der Waals surface area contributed by atoms with E-state index in [0.717, 1.165) is 11.8 Å². The van der Waals surface area contributed by atoms with Crippen LogP contribution >= 0.6 is 23.4 Å². The highest BCUT2D eigenvalue weighted by molar-refractivity contribution is 8.00. The van der Waals surface area contributed by atoms with Crippen molar-refractivity contribution < 1.29 is 8.42 Å². The summed E-state index contributed by atoms with van der Waals surface area (Å²) < 4.78 is 21.4. The number of nitrogens with two attached hydrogens (primary N) is 1. The van der Waals surface area contributed by atoms with Crippen LogP contribution < -0.4 is 5.14 Å². The minimum atomic E-state index is -3.48. The van der Waals surface area contributed by atoms with Gasteiger partial charge in [0.2, 0.25) is 10.0 Å². The van der Waals surface area contributed by atoms with Gasteiger partial charge in [-0.3, -0.25) is 0 Å². The van der Waals surface area contributed by atoms with Gasteiger partial charge in [0.25, 0.3) is 0 Å². The van der Waals surface area contributed by atoms with Crippen LogP contribution in [0.1, 0.15) is 5.56 Å². The van der Waals surface area contributed by atoms with Crippen molar-refractivity contribution in [2.75, 3.05) is 11.5 Å². The Labute approximate surface area is 103 Å². The molecule has 1 heterocycles. The second-order valence-corrected chi connectivity index (χ2v) is 6.00. The summed E-state index contributed by atoms with van der Waals surface area (Å²) in [6.45, 7) is 0. The van der Waals surface area contributed by atoms with E-state index < -0.39 is 10.0 Å². The zero-order valence-electron chi connectivity index (χ0n) is 8.05. The van der Waals surface area contributed by atoms with Crippen LogP contribution in [0.5, 0.6) is 0 Å². The van der Waals surface area contributed by atoms with E-state index in [0.29, 0.717) is 10.6 Å². The number of pyridine rings is 1. The lowest BCUT2D eigenvalue weighted by Gasteiger charge is -2.03. The van der Waals surface area contributed by atoms with Gasteiger partial charge in [0.1, 0.15) is 11.1 Å². The highest BCUT2D eigenvalue weighted by atomic mass is 35.5. The molecule has 0 aliphatic carbocycles. The predicted molar refractivity (Wildman–Crippen MR) is 62.7 cm³/mol. The maximum Gasteiger partial charge on any atom is 0.209 e. The first-order chi connectivity index (χ1) is 7.44. The van der Waals surface area contributed by atoms with Gasteiger partial charge in [0.05, 0.1) is 16.3 Å². The molecule has 16 heavy (non-hydrogen) atoms. The second kappa shape index (κ2) is 5.50. The first-order valence-corrected chi connectivity index (χ1v) is 7.20. The lowest BCUT2D eigenvalue weighted by molar-refractivity contribution is 0.599. The number of primary sulfonamides is 1. The van der Waals surface area contributed by atoms with Gasteiger partial charge in [-0.15, -0.1) is 11.8 Å². The van der Waals surface area contributed by atoms with Crippen molar-refractivity contribution in [3.63, 3.8) is 0 Å². The van der Waals surface area contributed by atoms with Gasteiger partial charge in [-0.1, -0.05) is 11.6 Å². The van der Waals surface area contributed by atoms with Gasteiger partial charge in [-0.25, -0.2) is 18.5 Å². The molecule has 0 aliphatic rings. The molecule has 0 atom stereocenters. The molecule has 1 aromatic heterocycles. The summed E-state index contributed by atoms with van der Waals surface area (Å²) in [5, 5.41) is 14.2. The standard InChI is InChI=1S/C8H8ClN3O2S2/c9-7-6(5-10)1-2-12-8(7)15-3-4-16(11,13)14/h1-2H,3-4H2,(H2,11,13,14). The van der Waals surface area contributed by atoms with E-state index >= 15 is 0 Å². The third-order valence-electron chi connectivity index (χ3n) is 1.58. The Morgan fingerprint density at radius 1 is 1.62 bits per heavy atom. The van der Waals surface area contributed by atoms with Crippen LogP contribution in [0.15, 0.2) is 17.3 Å². The fourth-order valence-electron chi connectivity index (χ4n) is 0.866. The van der Waals surface area contributed by atoms with E-state index in [4.69, 9.17) is 22.0 Å². The minimum Gasteiger partial charge on any atom is -0.248 e. The van der Waals surface area contributed by atoms with Gasteiger partial charge >= 0.3 is 0 Å². The number of nitriles is 1. The molecule has 2 N–H and O–H groups in total. The molecule has 0 spiro atoms. The molecule has 0 saturated heterocycles. The van der Waals surface area contributed by atoms with E-state index in [-0.39, 0.29) is 16.5 Å². The summed E-state index contributed by atoms with van der Waals surface area (Å²) in [4.78, 5) is 3.95. The summed E-state index contributed by atoms with van der Waals surface area (Å²) in [5.74, 6) is 0.0902. The van der Waals surface area contributed by atoms with Crippen LogP contribution in [-0.4, -0.2) is 24.9 Å². The van der Waals surface area contributed by atoms with Crippen LogP contribution in [0.2, 0.25) is 5.02 Å². The summed E-state index contributed by atoms with van der Waals surface area (Å²) in [7, 11) is -3.48. The Bertz CT molecular complexity index is 525. The third-order valence-corrected chi connectivity index (χ3v) is 4.10. The molecule has 86 valence electrons. The smallest absolute Gasteiger partial charge is 0.209 e. The van der Waals surface area contributed by atoms with Crippen LogP contribution in [-0.2, 0) is 10.0 Å². The number of halogens is 1. The van der Waals surface area contributed by atoms with Gasteiger partial charge in [-0.05, 0) is 6.07 Å². The molecule has 0 fully saturated rings. The maximum absolute atomic E-state index is 10.7. The molecule has 0 saturated carbocycles. The van der Waals surface area contributed by atoms with Crippen molar-refractivity contribution in [3.05, 3.63) is 22.8 Å². The van der Waals surface area contributed by atoms with E-state index in [2.05, 4.69) is 4.98 Å². The van der Waals surface area contributed by atoms with Crippen molar-refractivity contribution in [1.29, 1.82) is 5.26 Å². The van der Waals surface area contributed by atoms with Crippen molar-refractivity contribution in [1.82, 2.24) is 4.98 Å². The quantitative estimate of drug-likeness (QED) is 0.828. The SMILES string of the molecule is N#Cc1ccnc(SCCS(N)(=O)=O)c1Cl. The zero-order valence-corrected chi connectivity index (χ0v) is 10.4. The molecular weight excluding hydrogens is 270 g/mol. The molecule has 0 unspecified atom stereocenters. The zero-order chi connectivity index (χ0) is 12.2. The number of nitrogens with zero attached hydrogens (tertiary/aromatic N) is 2. The molecule has 0 bridgehead atoms. The minimum absolute atomic E-state index is 0.160. The monoisotopic (exact) mass is 277 g/mol. The van der Waals surface area contributed by atoms with E-state index in [9.17, 15) is 8.42 Å². The Kier molecular flexibility index (Phi) is 4.56. The first-order valence-electron chi connectivity index (χ1n) is 4.12. The van der Waals surface area contributed by atoms with Crippen molar-refractivity contribution >= 4 is 33.4 Å². The second-order valence-electron chi connectivity index (χ2n) is 2.80. The van der Waals surface area contributed by atoms with Crippen LogP contribution in [0.3, 0.4) is 0 Å². The molecular formula is C8H8ClN3O2S2. The maximum atomic E-state index is 10.7. The van der Waals surface area contributed by atoms with Gasteiger partial charge in [-0.2, -0.15) is 5.26 Å². The number of thioether (sulfide) groups is 1. The first kappa shape index (κ1) is 13.3. The van der Waals surface area contributed by atoms with Gasteiger partial charge in [0, 0.05) is 11.9 Å². The normalized spacial score (nSPS) is 11.1. The van der Waals surface area contributed by atoms with Crippen LogP contribution in [0.25, 0.3) is 0 Å². The summed E-state index contributed by atoms with van der Waals surface area (Å²) >= 11 is 7.02. The average molecular weight is 278 g/mol. The lowest BCUT2D eigenvalue weighted by atomic mass is 10.3. The Hall–Kier alpha value is -0.810. The Balaban J connectivity index is 2.73. The summed E-state index contributed by atoms with van der Waals surface area (Å²) in [6.07, 6.45) is 1.45. The van der Waals surface area contributed by atoms with Gasteiger partial charge < -0.3 is 0 Å². The van der Waals surface area contributed by atoms with Crippen molar-refractivity contribution in [2.24, 2.45) is 5.14 Å². The van der Waals surface area contributed by atoms with Crippen LogP contribution in [0, 0.1) is 11.3 Å². The third kappa shape index (κ3) is 3.98. The Morgan fingerprint density at radius 2 is 2.31 bits per heavy atom. The van der Waals surface area contributed by atoms with E-state index in [1.807, 2.05) is 6.07 Å². The highest BCUT2D eigenvalue weighted by Crippen LogP contribution is 2.27. The molecule has 0 aromatic carbocycles. The fourth-order valence-corrected chi connectivity index (χ4v) is 3.01. The number of hydrogen-bond donors (Lipinski definition) is 1. The Morgan fingerprint density at radius 3 is 2.88 bits per heavy atom. The number of hydrogen-bond acceptors (Lipinski definition) is 5. The topological polar surface area (TPSA) is 96.8 Å². The largest absolute Gasteiger partial charge is 0.248 e. The molecule has 1 aromatic rings. The molecule has 8 heteroatoms. The van der Waals surface area contributed by atoms with Gasteiger partial charge in [0.15, 0.2) is 0 Å². The fraction of sp³-hybridized carbons (Fsp3) is 0.250. The van der Waals surface area contributed by atoms with Crippen LogP contribution in [0.4, 0.5) is 0 Å². The molecule has 5 nitrogen and oxygen atoms in total. The van der Waals surface area contributed by atoms with Crippen molar-refractivity contribution in [3.8, 4) is 6.07 Å². The lowest BCUT2D eigenvalue weighted by Crippen LogP contribution is -2.17. The molecule has 0 aliphatic heterocycles. The van der Waals surface area contributed by atoms with E-state index in [1.54, 1.807) is 0 Å². The number of rotatable bonds is 4. The number of sulfonamides is 1. The van der Waals surface area contributed by atoms with Crippen molar-refractivity contribution in [2.45, 2.75) is 5.03 Å². The van der Waals surface area contributed by atoms with E-state index in [1.165, 1.54) is 12.3 Å². The summed E-state index contributed by atoms with van der Waals surface area (Å²) in [6, 6.07) is 3.41. The summed E-state index contributed by atoms with van der Waals surface area (Å²) in [5.41, 5.74) is 0.315. The molecule has 0 amide bonds. The molecule has 1 rings (SSSR count).